The number of methoxy groups -OCH3 is 1. The highest BCUT2D eigenvalue weighted by Gasteiger charge is 2.08. The van der Waals surface area contributed by atoms with Crippen LogP contribution in [0.15, 0.2) is 64.2 Å². The number of guanidine groups is 1. The normalized spacial score (nSPS) is 11.2. The van der Waals surface area contributed by atoms with E-state index in [4.69, 9.17) is 13.9 Å². The van der Waals surface area contributed by atoms with Crippen LogP contribution in [0.3, 0.4) is 0 Å². The van der Waals surface area contributed by atoms with Gasteiger partial charge in [0, 0.05) is 23.9 Å². The summed E-state index contributed by atoms with van der Waals surface area (Å²) in [6.45, 7) is 5.65. The lowest BCUT2D eigenvalue weighted by atomic mass is 10.2. The van der Waals surface area contributed by atoms with E-state index in [1.54, 1.807) is 13.4 Å². The van der Waals surface area contributed by atoms with Crippen LogP contribution in [-0.2, 0) is 6.54 Å². The molecule has 29 heavy (non-hydrogen) atoms. The average Bonchev–Trinajstić information content (AvgIpc) is 3.23. The molecule has 0 atom stereocenters. The van der Waals surface area contributed by atoms with Gasteiger partial charge >= 0.3 is 0 Å². The van der Waals surface area contributed by atoms with Crippen molar-refractivity contribution in [2.45, 2.75) is 20.4 Å². The Morgan fingerprint density at radius 1 is 1.10 bits per heavy atom. The van der Waals surface area contributed by atoms with Crippen LogP contribution in [0.1, 0.15) is 19.5 Å². The Bertz CT molecular complexity index is 938. The highest BCUT2D eigenvalue weighted by molar-refractivity contribution is 5.93. The summed E-state index contributed by atoms with van der Waals surface area (Å²) < 4.78 is 16.5. The number of nitrogens with zero attached hydrogens (tertiary/aromatic N) is 2. The van der Waals surface area contributed by atoms with Gasteiger partial charge in [0.25, 0.3) is 0 Å². The Morgan fingerprint density at radius 2 is 1.93 bits per heavy atom. The lowest BCUT2D eigenvalue weighted by molar-refractivity contribution is 0.311. The predicted molar refractivity (Wildman–Crippen MR) is 115 cm³/mol. The molecule has 152 valence electrons. The number of aromatic nitrogens is 1. The first-order valence-electron chi connectivity index (χ1n) is 9.59. The number of benzene rings is 2. The molecule has 3 aromatic rings. The second-order valence-corrected chi connectivity index (χ2v) is 6.13. The summed E-state index contributed by atoms with van der Waals surface area (Å²) in [6, 6.07) is 15.5. The average molecular weight is 394 g/mol. The van der Waals surface area contributed by atoms with Gasteiger partial charge in [-0.15, -0.1) is 0 Å². The molecule has 0 saturated heterocycles. The van der Waals surface area contributed by atoms with E-state index in [1.807, 2.05) is 62.4 Å². The molecule has 0 aliphatic carbocycles. The third-order valence-electron chi connectivity index (χ3n) is 4.04. The van der Waals surface area contributed by atoms with Gasteiger partial charge < -0.3 is 24.5 Å². The third kappa shape index (κ3) is 5.51. The van der Waals surface area contributed by atoms with E-state index in [0.717, 1.165) is 23.5 Å². The number of nitrogens with one attached hydrogen (secondary N) is 2. The Morgan fingerprint density at radius 3 is 2.66 bits per heavy atom. The topological polar surface area (TPSA) is 80.9 Å². The fourth-order valence-electron chi connectivity index (χ4n) is 2.72. The first-order valence-corrected chi connectivity index (χ1v) is 9.59. The van der Waals surface area contributed by atoms with Crippen LogP contribution >= 0.6 is 0 Å². The molecular weight excluding hydrogens is 368 g/mol. The zero-order valence-electron chi connectivity index (χ0n) is 16.9. The highest BCUT2D eigenvalue weighted by atomic mass is 16.5. The van der Waals surface area contributed by atoms with Crippen molar-refractivity contribution < 1.29 is 13.9 Å². The molecule has 2 aromatic carbocycles. The summed E-state index contributed by atoms with van der Waals surface area (Å²) in [6.07, 6.45) is 1.63. The first kappa shape index (κ1) is 20.3. The second-order valence-electron chi connectivity index (χ2n) is 6.13. The zero-order valence-corrected chi connectivity index (χ0v) is 16.9. The molecule has 0 fully saturated rings. The molecule has 1 aromatic heterocycles. The van der Waals surface area contributed by atoms with Crippen molar-refractivity contribution in [1.29, 1.82) is 0 Å². The number of hydrogen-bond donors (Lipinski definition) is 2. The Labute approximate surface area is 170 Å². The Hall–Kier alpha value is -3.48. The summed E-state index contributed by atoms with van der Waals surface area (Å²) in [5.41, 5.74) is 2.54. The zero-order chi connectivity index (χ0) is 20.5. The van der Waals surface area contributed by atoms with Crippen molar-refractivity contribution in [3.63, 3.8) is 0 Å². The molecule has 0 radical (unpaired) electrons. The quantitative estimate of drug-likeness (QED) is 0.437. The van der Waals surface area contributed by atoms with Crippen molar-refractivity contribution in [2.75, 3.05) is 25.6 Å². The number of ether oxygens (including phenoxy) is 2. The summed E-state index contributed by atoms with van der Waals surface area (Å²) in [5.74, 6) is 2.60. The number of anilines is 1. The molecule has 0 saturated carbocycles. The molecule has 7 nitrogen and oxygen atoms in total. The fourth-order valence-corrected chi connectivity index (χ4v) is 2.72. The van der Waals surface area contributed by atoms with Gasteiger partial charge in [0.05, 0.1) is 20.3 Å². The lowest BCUT2D eigenvalue weighted by Gasteiger charge is -2.14. The monoisotopic (exact) mass is 394 g/mol. The smallest absolute Gasteiger partial charge is 0.226 e. The molecule has 0 unspecified atom stereocenters. The molecule has 1 heterocycles. The van der Waals surface area contributed by atoms with E-state index in [-0.39, 0.29) is 0 Å². The first-order chi connectivity index (χ1) is 14.2. The van der Waals surface area contributed by atoms with Crippen molar-refractivity contribution in [3.05, 3.63) is 60.5 Å². The van der Waals surface area contributed by atoms with Crippen molar-refractivity contribution in [2.24, 2.45) is 4.99 Å². The number of oxazole rings is 1. The van der Waals surface area contributed by atoms with Gasteiger partial charge in [-0.25, -0.2) is 9.98 Å². The molecule has 0 aliphatic heterocycles. The van der Waals surface area contributed by atoms with Gasteiger partial charge in [-0.1, -0.05) is 18.2 Å². The fraction of sp³-hybridized carbons (Fsp3) is 0.273. The van der Waals surface area contributed by atoms with Gasteiger partial charge in [0.15, 0.2) is 17.5 Å². The SMILES string of the molecule is CCNC(=NCc1coc(-c2ccccc2)n1)Nc1ccc(OCC)c(OC)c1. The van der Waals surface area contributed by atoms with Gasteiger partial charge in [0.1, 0.15) is 12.0 Å². The minimum atomic E-state index is 0.389. The van der Waals surface area contributed by atoms with Gasteiger partial charge in [-0.05, 0) is 38.1 Å². The van der Waals surface area contributed by atoms with Crippen molar-refractivity contribution >= 4 is 11.6 Å². The van der Waals surface area contributed by atoms with Crippen LogP contribution in [0.4, 0.5) is 5.69 Å². The van der Waals surface area contributed by atoms with Crippen molar-refractivity contribution in [3.8, 4) is 23.0 Å². The lowest BCUT2D eigenvalue weighted by Crippen LogP contribution is -2.30. The van der Waals surface area contributed by atoms with E-state index < -0.39 is 0 Å². The van der Waals surface area contributed by atoms with Crippen LogP contribution in [0, 0.1) is 0 Å². The van der Waals surface area contributed by atoms with E-state index in [1.165, 1.54) is 0 Å². The van der Waals surface area contributed by atoms with E-state index in [9.17, 15) is 0 Å². The summed E-state index contributed by atoms with van der Waals surface area (Å²) in [5, 5.41) is 6.50. The molecule has 0 bridgehead atoms. The van der Waals surface area contributed by atoms with Crippen molar-refractivity contribution in [1.82, 2.24) is 10.3 Å². The molecule has 0 amide bonds. The highest BCUT2D eigenvalue weighted by Crippen LogP contribution is 2.30. The Balaban J connectivity index is 1.71. The van der Waals surface area contributed by atoms with Gasteiger partial charge in [0.2, 0.25) is 5.89 Å². The van der Waals surface area contributed by atoms with E-state index >= 15 is 0 Å². The predicted octanol–water partition coefficient (Wildman–Crippen LogP) is 4.33. The maximum Gasteiger partial charge on any atom is 0.226 e. The molecule has 3 rings (SSSR count). The van der Waals surface area contributed by atoms with E-state index in [2.05, 4.69) is 20.6 Å². The van der Waals surface area contributed by atoms with Gasteiger partial charge in [-0.3, -0.25) is 0 Å². The maximum absolute atomic E-state index is 5.58. The maximum atomic E-state index is 5.58. The largest absolute Gasteiger partial charge is 0.493 e. The van der Waals surface area contributed by atoms with Crippen LogP contribution in [0.25, 0.3) is 11.5 Å². The third-order valence-corrected chi connectivity index (χ3v) is 4.04. The molecule has 0 spiro atoms. The molecular formula is C22H26N4O3. The Kier molecular flexibility index (Phi) is 7.10. The number of hydrogen-bond acceptors (Lipinski definition) is 5. The summed E-state index contributed by atoms with van der Waals surface area (Å²) in [4.78, 5) is 9.11. The standard InChI is InChI=1S/C22H26N4O3/c1-4-23-22(26-17-11-12-19(28-5-2)20(13-17)27-3)24-14-18-15-29-21(25-18)16-9-7-6-8-10-16/h6-13,15H,4-5,14H2,1-3H3,(H2,23,24,26). The number of aliphatic imine (C=N–C) groups is 1. The van der Waals surface area contributed by atoms with Crippen LogP contribution in [0.2, 0.25) is 0 Å². The molecule has 0 aliphatic rings. The van der Waals surface area contributed by atoms with Gasteiger partial charge in [-0.2, -0.15) is 0 Å². The van der Waals surface area contributed by atoms with Crippen LogP contribution in [0.5, 0.6) is 11.5 Å². The second kappa shape index (κ2) is 10.2. The van der Waals surface area contributed by atoms with Crippen LogP contribution < -0.4 is 20.1 Å². The summed E-state index contributed by atoms with van der Waals surface area (Å²) >= 11 is 0. The van der Waals surface area contributed by atoms with Crippen LogP contribution in [-0.4, -0.2) is 31.2 Å². The number of rotatable bonds is 8. The summed E-state index contributed by atoms with van der Waals surface area (Å²) in [7, 11) is 1.62. The minimum Gasteiger partial charge on any atom is -0.493 e. The minimum absolute atomic E-state index is 0.389. The van der Waals surface area contributed by atoms with E-state index in [0.29, 0.717) is 36.5 Å². The molecule has 7 heteroatoms. The molecule has 2 N–H and O–H groups in total.